The number of aryl methyl sites for hydroxylation is 1. The van der Waals surface area contributed by atoms with Gasteiger partial charge in [0, 0.05) is 11.8 Å². The first-order chi connectivity index (χ1) is 7.83. The zero-order chi connectivity index (χ0) is 11.0. The van der Waals surface area contributed by atoms with Gasteiger partial charge in [-0.05, 0) is 31.2 Å². The normalized spacial score (nSPS) is 10.8. The van der Waals surface area contributed by atoms with Crippen molar-refractivity contribution in [1.29, 1.82) is 0 Å². The molecule has 0 radical (unpaired) electrons. The van der Waals surface area contributed by atoms with Crippen LogP contribution in [0.1, 0.15) is 5.56 Å². The van der Waals surface area contributed by atoms with Crippen LogP contribution in [0.3, 0.4) is 0 Å². The molecule has 78 valence electrons. The summed E-state index contributed by atoms with van der Waals surface area (Å²) in [5.74, 6) is 0.623. The Labute approximate surface area is 92.8 Å². The van der Waals surface area contributed by atoms with E-state index < -0.39 is 0 Å². The number of fused-ring (bicyclic) bond motifs is 1. The van der Waals surface area contributed by atoms with E-state index in [0.29, 0.717) is 11.5 Å². The van der Waals surface area contributed by atoms with Gasteiger partial charge < -0.3 is 4.42 Å². The third kappa shape index (κ3) is 1.46. The van der Waals surface area contributed by atoms with Crippen LogP contribution in [0.2, 0.25) is 0 Å². The van der Waals surface area contributed by atoms with E-state index in [0.717, 1.165) is 11.1 Å². The molecule has 0 unspecified atom stereocenters. The molecular formula is C13H10N2O. The van der Waals surface area contributed by atoms with Gasteiger partial charge in [-0.15, -0.1) is 0 Å². The van der Waals surface area contributed by atoms with Gasteiger partial charge in [0.15, 0.2) is 11.2 Å². The summed E-state index contributed by atoms with van der Waals surface area (Å²) in [6.07, 6.45) is 1.71. The van der Waals surface area contributed by atoms with Crippen molar-refractivity contribution in [2.75, 3.05) is 0 Å². The minimum absolute atomic E-state index is 0.623. The van der Waals surface area contributed by atoms with Crippen LogP contribution in [0.4, 0.5) is 0 Å². The fourth-order valence-corrected chi connectivity index (χ4v) is 1.67. The molecule has 0 atom stereocenters. The van der Waals surface area contributed by atoms with E-state index in [1.165, 1.54) is 5.56 Å². The Morgan fingerprint density at radius 1 is 1.12 bits per heavy atom. The standard InChI is InChI=1S/C13H10N2O/c1-9-4-2-5-10(8-9)13-15-12-11(16-13)6-3-7-14-12/h2-8H,1H3. The van der Waals surface area contributed by atoms with Crippen molar-refractivity contribution in [3.8, 4) is 11.5 Å². The number of nitrogens with zero attached hydrogens (tertiary/aromatic N) is 2. The molecule has 0 aliphatic rings. The highest BCUT2D eigenvalue weighted by Crippen LogP contribution is 2.23. The summed E-state index contributed by atoms with van der Waals surface area (Å²) in [5.41, 5.74) is 3.55. The van der Waals surface area contributed by atoms with Gasteiger partial charge in [0.1, 0.15) is 0 Å². The molecule has 0 fully saturated rings. The van der Waals surface area contributed by atoms with Crippen LogP contribution in [0, 0.1) is 6.92 Å². The maximum absolute atomic E-state index is 5.64. The zero-order valence-corrected chi connectivity index (χ0v) is 8.84. The van der Waals surface area contributed by atoms with E-state index in [1.807, 2.05) is 43.3 Å². The number of pyridine rings is 1. The van der Waals surface area contributed by atoms with E-state index in [2.05, 4.69) is 9.97 Å². The van der Waals surface area contributed by atoms with Gasteiger partial charge in [0.2, 0.25) is 5.89 Å². The molecule has 3 nitrogen and oxygen atoms in total. The summed E-state index contributed by atoms with van der Waals surface area (Å²) < 4.78 is 5.64. The van der Waals surface area contributed by atoms with E-state index in [-0.39, 0.29) is 0 Å². The van der Waals surface area contributed by atoms with Gasteiger partial charge in [-0.1, -0.05) is 17.7 Å². The molecule has 2 heterocycles. The zero-order valence-electron chi connectivity index (χ0n) is 8.84. The van der Waals surface area contributed by atoms with Crippen molar-refractivity contribution < 1.29 is 4.42 Å². The van der Waals surface area contributed by atoms with Crippen LogP contribution in [0.15, 0.2) is 47.0 Å². The Morgan fingerprint density at radius 2 is 2.06 bits per heavy atom. The van der Waals surface area contributed by atoms with Crippen molar-refractivity contribution in [2.45, 2.75) is 6.92 Å². The lowest BCUT2D eigenvalue weighted by atomic mass is 10.1. The first kappa shape index (κ1) is 9.09. The number of aromatic nitrogens is 2. The van der Waals surface area contributed by atoms with Crippen molar-refractivity contribution in [3.05, 3.63) is 48.2 Å². The van der Waals surface area contributed by atoms with Gasteiger partial charge in [0.25, 0.3) is 0 Å². The Balaban J connectivity index is 2.19. The predicted molar refractivity (Wildman–Crippen MR) is 62.0 cm³/mol. The molecule has 2 aromatic heterocycles. The molecule has 1 aromatic carbocycles. The van der Waals surface area contributed by atoms with E-state index in [1.54, 1.807) is 6.20 Å². The van der Waals surface area contributed by atoms with Crippen molar-refractivity contribution in [2.24, 2.45) is 0 Å². The molecule has 0 saturated heterocycles. The van der Waals surface area contributed by atoms with E-state index >= 15 is 0 Å². The summed E-state index contributed by atoms with van der Waals surface area (Å²) in [5, 5.41) is 0. The lowest BCUT2D eigenvalue weighted by Crippen LogP contribution is -1.79. The lowest BCUT2D eigenvalue weighted by Gasteiger charge is -1.95. The molecule has 0 aliphatic heterocycles. The van der Waals surface area contributed by atoms with Gasteiger partial charge in [-0.2, -0.15) is 4.98 Å². The summed E-state index contributed by atoms with van der Waals surface area (Å²) in [7, 11) is 0. The second kappa shape index (κ2) is 3.45. The molecule has 3 heteroatoms. The number of rotatable bonds is 1. The van der Waals surface area contributed by atoms with Crippen LogP contribution in [0.25, 0.3) is 22.7 Å². The Bertz CT molecular complexity index is 610. The van der Waals surface area contributed by atoms with Crippen LogP contribution >= 0.6 is 0 Å². The third-order valence-corrected chi connectivity index (χ3v) is 2.43. The van der Waals surface area contributed by atoms with Crippen LogP contribution in [-0.2, 0) is 0 Å². The summed E-state index contributed by atoms with van der Waals surface area (Å²) in [6.45, 7) is 2.05. The maximum atomic E-state index is 5.64. The highest BCUT2D eigenvalue weighted by Gasteiger charge is 2.07. The molecule has 0 amide bonds. The topological polar surface area (TPSA) is 38.9 Å². The monoisotopic (exact) mass is 210 g/mol. The average Bonchev–Trinajstić information content (AvgIpc) is 2.72. The second-order valence-corrected chi connectivity index (χ2v) is 3.71. The minimum Gasteiger partial charge on any atom is -0.434 e. The second-order valence-electron chi connectivity index (χ2n) is 3.71. The minimum atomic E-state index is 0.623. The molecule has 16 heavy (non-hydrogen) atoms. The predicted octanol–water partition coefficient (Wildman–Crippen LogP) is 3.20. The fraction of sp³-hybridized carbons (Fsp3) is 0.0769. The van der Waals surface area contributed by atoms with E-state index in [4.69, 9.17) is 4.42 Å². The lowest BCUT2D eigenvalue weighted by molar-refractivity contribution is 0.619. The highest BCUT2D eigenvalue weighted by atomic mass is 16.3. The number of hydrogen-bond donors (Lipinski definition) is 0. The summed E-state index contributed by atoms with van der Waals surface area (Å²) in [6, 6.07) is 11.8. The molecule has 0 bridgehead atoms. The average molecular weight is 210 g/mol. The summed E-state index contributed by atoms with van der Waals surface area (Å²) >= 11 is 0. The van der Waals surface area contributed by atoms with Crippen LogP contribution in [-0.4, -0.2) is 9.97 Å². The van der Waals surface area contributed by atoms with Crippen LogP contribution < -0.4 is 0 Å². The van der Waals surface area contributed by atoms with Crippen LogP contribution in [0.5, 0.6) is 0 Å². The highest BCUT2D eigenvalue weighted by molar-refractivity contribution is 5.71. The third-order valence-electron chi connectivity index (χ3n) is 2.43. The van der Waals surface area contributed by atoms with Crippen molar-refractivity contribution in [1.82, 2.24) is 9.97 Å². The largest absolute Gasteiger partial charge is 0.434 e. The first-order valence-electron chi connectivity index (χ1n) is 5.11. The Kier molecular flexibility index (Phi) is 1.96. The van der Waals surface area contributed by atoms with Gasteiger partial charge in [0.05, 0.1) is 0 Å². The Morgan fingerprint density at radius 3 is 2.88 bits per heavy atom. The molecular weight excluding hydrogens is 200 g/mol. The number of benzene rings is 1. The smallest absolute Gasteiger partial charge is 0.228 e. The molecule has 3 aromatic rings. The SMILES string of the molecule is Cc1cccc(-c2nc3ncccc3o2)c1. The quantitative estimate of drug-likeness (QED) is 0.619. The maximum Gasteiger partial charge on any atom is 0.228 e. The van der Waals surface area contributed by atoms with Gasteiger partial charge in [-0.25, -0.2) is 4.98 Å². The van der Waals surface area contributed by atoms with Crippen molar-refractivity contribution >= 4 is 11.2 Å². The van der Waals surface area contributed by atoms with E-state index in [9.17, 15) is 0 Å². The fourth-order valence-electron chi connectivity index (χ4n) is 1.67. The molecule has 0 N–H and O–H groups in total. The molecule has 0 saturated carbocycles. The summed E-state index contributed by atoms with van der Waals surface area (Å²) in [4.78, 5) is 8.49. The first-order valence-corrected chi connectivity index (χ1v) is 5.11. The molecule has 3 rings (SSSR count). The molecule has 0 aliphatic carbocycles. The number of oxazole rings is 1. The Hall–Kier alpha value is -2.16. The van der Waals surface area contributed by atoms with Gasteiger partial charge in [-0.3, -0.25) is 0 Å². The number of hydrogen-bond acceptors (Lipinski definition) is 3. The molecule has 0 spiro atoms. The van der Waals surface area contributed by atoms with Gasteiger partial charge >= 0.3 is 0 Å². The van der Waals surface area contributed by atoms with Crippen molar-refractivity contribution in [3.63, 3.8) is 0 Å².